The van der Waals surface area contributed by atoms with Crippen LogP contribution < -0.4 is 0 Å². The molecule has 20 heavy (non-hydrogen) atoms. The van der Waals surface area contributed by atoms with E-state index in [0.29, 0.717) is 13.0 Å². The van der Waals surface area contributed by atoms with Crippen LogP contribution in [-0.4, -0.2) is 35.4 Å². The van der Waals surface area contributed by atoms with Crippen LogP contribution in [0.15, 0.2) is 0 Å². The fourth-order valence-electron chi connectivity index (χ4n) is 3.18. The Morgan fingerprint density at radius 2 is 1.80 bits per heavy atom. The molecule has 6 heteroatoms. The molecule has 0 aromatic rings. The first kappa shape index (κ1) is 15.4. The summed E-state index contributed by atoms with van der Waals surface area (Å²) in [7, 11) is 0. The van der Waals surface area contributed by atoms with Gasteiger partial charge < -0.3 is 9.64 Å². The molecule has 3 unspecified atom stereocenters. The summed E-state index contributed by atoms with van der Waals surface area (Å²) in [6.07, 6.45) is -3.06. The molecule has 3 fully saturated rings. The Hall–Kier alpha value is -0.940. The van der Waals surface area contributed by atoms with E-state index in [1.54, 1.807) is 20.8 Å². The fraction of sp³-hybridized carbons (Fsp3) is 0.929. The van der Waals surface area contributed by atoms with Crippen molar-refractivity contribution in [2.45, 2.75) is 64.3 Å². The zero-order chi connectivity index (χ0) is 15.1. The Balaban J connectivity index is 2.10. The van der Waals surface area contributed by atoms with Gasteiger partial charge >= 0.3 is 12.3 Å². The van der Waals surface area contributed by atoms with Crippen molar-refractivity contribution in [2.75, 3.05) is 6.54 Å². The van der Waals surface area contributed by atoms with E-state index in [-0.39, 0.29) is 24.8 Å². The van der Waals surface area contributed by atoms with Crippen LogP contribution in [0.1, 0.15) is 46.5 Å². The van der Waals surface area contributed by atoms with Crippen LogP contribution in [0.3, 0.4) is 0 Å². The van der Waals surface area contributed by atoms with Crippen LogP contribution >= 0.6 is 0 Å². The number of rotatable bonds is 0. The van der Waals surface area contributed by atoms with Crippen molar-refractivity contribution in [3.63, 3.8) is 0 Å². The monoisotopic (exact) mass is 293 g/mol. The minimum atomic E-state index is -4.16. The number of ether oxygens (including phenoxy) is 1. The highest BCUT2D eigenvalue weighted by atomic mass is 19.4. The molecule has 0 radical (unpaired) electrons. The van der Waals surface area contributed by atoms with Crippen LogP contribution in [0.25, 0.3) is 0 Å². The first-order valence-electron chi connectivity index (χ1n) is 7.12. The molecule has 3 rings (SSSR count). The highest BCUT2D eigenvalue weighted by Gasteiger charge is 2.48. The Kier molecular flexibility index (Phi) is 3.95. The van der Waals surface area contributed by atoms with Gasteiger partial charge in [0.25, 0.3) is 0 Å². The molecule has 2 saturated heterocycles. The molecule has 116 valence electrons. The van der Waals surface area contributed by atoms with Gasteiger partial charge in [-0.1, -0.05) is 0 Å². The van der Waals surface area contributed by atoms with Crippen LogP contribution in [0.2, 0.25) is 0 Å². The summed E-state index contributed by atoms with van der Waals surface area (Å²) in [6.45, 7) is 5.69. The number of carbonyl (C=O) groups is 1. The van der Waals surface area contributed by atoms with Gasteiger partial charge in [0.05, 0.1) is 5.92 Å². The Morgan fingerprint density at radius 1 is 1.15 bits per heavy atom. The Labute approximate surface area is 117 Å². The molecular weight excluding hydrogens is 271 g/mol. The van der Waals surface area contributed by atoms with E-state index in [1.807, 2.05) is 0 Å². The van der Waals surface area contributed by atoms with Crippen LogP contribution in [0, 0.1) is 11.8 Å². The SMILES string of the molecule is CC(C)(C)OC(=O)N1CC2CCC1CC(C(F)(F)F)C2. The number of nitrogens with zero attached hydrogens (tertiary/aromatic N) is 1. The van der Waals surface area contributed by atoms with E-state index in [9.17, 15) is 18.0 Å². The van der Waals surface area contributed by atoms with Gasteiger partial charge in [0.15, 0.2) is 0 Å². The number of fused-ring (bicyclic) bond motifs is 4. The fourth-order valence-corrected chi connectivity index (χ4v) is 3.18. The number of carbonyl (C=O) groups excluding carboxylic acids is 1. The van der Waals surface area contributed by atoms with Crippen molar-refractivity contribution in [3.8, 4) is 0 Å². The topological polar surface area (TPSA) is 29.5 Å². The maximum atomic E-state index is 13.0. The van der Waals surface area contributed by atoms with Gasteiger partial charge in [-0.3, -0.25) is 0 Å². The third-order valence-electron chi connectivity index (χ3n) is 4.07. The van der Waals surface area contributed by atoms with E-state index in [0.717, 1.165) is 6.42 Å². The summed E-state index contributed by atoms with van der Waals surface area (Å²) >= 11 is 0. The summed E-state index contributed by atoms with van der Waals surface area (Å²) < 4.78 is 44.2. The smallest absolute Gasteiger partial charge is 0.410 e. The van der Waals surface area contributed by atoms with E-state index in [2.05, 4.69) is 0 Å². The van der Waals surface area contributed by atoms with Gasteiger partial charge in [-0.2, -0.15) is 13.2 Å². The maximum absolute atomic E-state index is 13.0. The van der Waals surface area contributed by atoms with Crippen molar-refractivity contribution < 1.29 is 22.7 Å². The number of amides is 1. The van der Waals surface area contributed by atoms with Gasteiger partial charge in [-0.15, -0.1) is 0 Å². The zero-order valence-electron chi connectivity index (χ0n) is 12.2. The van der Waals surface area contributed by atoms with Crippen LogP contribution in [0.4, 0.5) is 18.0 Å². The van der Waals surface area contributed by atoms with Crippen molar-refractivity contribution >= 4 is 6.09 Å². The summed E-state index contributed by atoms with van der Waals surface area (Å²) in [4.78, 5) is 13.7. The lowest BCUT2D eigenvalue weighted by molar-refractivity contribution is -0.179. The van der Waals surface area contributed by atoms with Gasteiger partial charge in [-0.05, 0) is 52.4 Å². The third-order valence-corrected chi connectivity index (χ3v) is 4.07. The normalized spacial score (nSPS) is 31.1. The number of alkyl halides is 3. The van der Waals surface area contributed by atoms with Crippen molar-refractivity contribution in [1.82, 2.24) is 4.90 Å². The quantitative estimate of drug-likeness (QED) is 0.676. The van der Waals surface area contributed by atoms with Gasteiger partial charge in [0.1, 0.15) is 5.60 Å². The van der Waals surface area contributed by atoms with E-state index in [4.69, 9.17) is 4.74 Å². The average molecular weight is 293 g/mol. The standard InChI is InChI=1S/C14H22F3NO2/c1-13(2,3)20-12(19)18-8-9-4-5-11(18)7-10(6-9)14(15,16)17/h9-11H,4-8H2,1-3H3. The molecule has 3 nitrogen and oxygen atoms in total. The number of hydrogen-bond donors (Lipinski definition) is 0. The van der Waals surface area contributed by atoms with Crippen LogP contribution in [0.5, 0.6) is 0 Å². The zero-order valence-corrected chi connectivity index (χ0v) is 12.2. The lowest BCUT2D eigenvalue weighted by Crippen LogP contribution is -2.47. The van der Waals surface area contributed by atoms with Crippen LogP contribution in [-0.2, 0) is 4.74 Å². The second kappa shape index (κ2) is 5.11. The first-order valence-corrected chi connectivity index (χ1v) is 7.12. The molecule has 1 saturated carbocycles. The third kappa shape index (κ3) is 3.58. The molecule has 0 aromatic heterocycles. The Bertz CT molecular complexity index is 376. The van der Waals surface area contributed by atoms with Crippen molar-refractivity contribution in [3.05, 3.63) is 0 Å². The molecule has 3 atom stereocenters. The van der Waals surface area contributed by atoms with Crippen molar-refractivity contribution in [1.29, 1.82) is 0 Å². The summed E-state index contributed by atoms with van der Waals surface area (Å²) in [6, 6.07) is -0.338. The van der Waals surface area contributed by atoms with Gasteiger partial charge in [-0.25, -0.2) is 4.79 Å². The second-order valence-electron chi connectivity index (χ2n) is 6.94. The molecule has 2 aliphatic heterocycles. The van der Waals surface area contributed by atoms with Gasteiger partial charge in [0, 0.05) is 12.6 Å². The minimum absolute atomic E-state index is 0.0131. The number of halogens is 3. The summed E-state index contributed by atoms with van der Waals surface area (Å²) in [5, 5.41) is 0. The lowest BCUT2D eigenvalue weighted by Gasteiger charge is -2.37. The number of hydrogen-bond acceptors (Lipinski definition) is 2. The second-order valence-corrected chi connectivity index (χ2v) is 6.94. The number of piperidine rings is 1. The summed E-state index contributed by atoms with van der Waals surface area (Å²) in [5.41, 5.74) is -0.619. The average Bonchev–Trinajstić information content (AvgIpc) is 2.56. The summed E-state index contributed by atoms with van der Waals surface area (Å²) in [5.74, 6) is -1.35. The Morgan fingerprint density at radius 3 is 2.35 bits per heavy atom. The van der Waals surface area contributed by atoms with Crippen molar-refractivity contribution in [2.24, 2.45) is 11.8 Å². The molecule has 2 heterocycles. The van der Waals surface area contributed by atoms with E-state index < -0.39 is 23.8 Å². The largest absolute Gasteiger partial charge is 0.444 e. The molecule has 0 N–H and O–H groups in total. The van der Waals surface area contributed by atoms with Gasteiger partial charge in [0.2, 0.25) is 0 Å². The molecule has 2 bridgehead atoms. The predicted octanol–water partition coefficient (Wildman–Crippen LogP) is 3.97. The minimum Gasteiger partial charge on any atom is -0.444 e. The molecule has 1 aliphatic carbocycles. The lowest BCUT2D eigenvalue weighted by atomic mass is 9.93. The van der Waals surface area contributed by atoms with E-state index in [1.165, 1.54) is 4.90 Å². The highest BCUT2D eigenvalue weighted by Crippen LogP contribution is 2.43. The molecule has 0 spiro atoms. The first-order chi connectivity index (χ1) is 9.06. The van der Waals surface area contributed by atoms with E-state index >= 15 is 0 Å². The molecular formula is C14H22F3NO2. The predicted molar refractivity (Wildman–Crippen MR) is 68.2 cm³/mol. The maximum Gasteiger partial charge on any atom is 0.410 e. The molecule has 1 amide bonds. The highest BCUT2D eigenvalue weighted by molar-refractivity contribution is 5.68. The molecule has 3 aliphatic rings. The molecule has 0 aromatic carbocycles.